The van der Waals surface area contributed by atoms with Crippen LogP contribution in [0.3, 0.4) is 0 Å². The van der Waals surface area contributed by atoms with Crippen LogP contribution in [0.4, 0.5) is 0 Å². The van der Waals surface area contributed by atoms with Crippen molar-refractivity contribution in [3.8, 4) is 0 Å². The van der Waals surface area contributed by atoms with Crippen LogP contribution in [0.2, 0.25) is 0 Å². The molecule has 0 spiro atoms. The second-order valence-electron chi connectivity index (χ2n) is 5.60. The molecule has 0 aliphatic rings. The first-order chi connectivity index (χ1) is 10.2. The number of nitrogens with one attached hydrogen (secondary N) is 1. The Morgan fingerprint density at radius 1 is 1.10 bits per heavy atom. The van der Waals surface area contributed by atoms with Gasteiger partial charge in [-0.1, -0.05) is 44.8 Å². The van der Waals surface area contributed by atoms with E-state index >= 15 is 0 Å². The van der Waals surface area contributed by atoms with Gasteiger partial charge in [0.05, 0.1) is 6.67 Å². The first-order valence-electron chi connectivity index (χ1n) is 8.41. The van der Waals surface area contributed by atoms with Crippen molar-refractivity contribution < 1.29 is 9.90 Å². The van der Waals surface area contributed by atoms with Crippen LogP contribution in [-0.4, -0.2) is 42.8 Å². The molecule has 21 heavy (non-hydrogen) atoms. The van der Waals surface area contributed by atoms with Crippen molar-refractivity contribution >= 4 is 5.91 Å². The highest BCUT2D eigenvalue weighted by molar-refractivity contribution is 5.75. The van der Waals surface area contributed by atoms with Crippen LogP contribution >= 0.6 is 0 Å². The van der Waals surface area contributed by atoms with Crippen molar-refractivity contribution in [2.75, 3.05) is 26.9 Å². The summed E-state index contributed by atoms with van der Waals surface area (Å²) >= 11 is 0. The lowest BCUT2D eigenvalue weighted by molar-refractivity contribution is -0.121. The fourth-order valence-corrected chi connectivity index (χ4v) is 2.09. The quantitative estimate of drug-likeness (QED) is 0.294. The fraction of sp³-hybridized carbons (Fsp3) is 0.824. The monoisotopic (exact) mass is 298 g/mol. The van der Waals surface area contributed by atoms with Crippen LogP contribution in [0, 0.1) is 0 Å². The molecule has 0 aliphatic carbocycles. The Hall–Kier alpha value is -0.870. The maximum atomic E-state index is 11.6. The number of allylic oxidation sites excluding steroid dienone is 2. The molecule has 4 heteroatoms. The summed E-state index contributed by atoms with van der Waals surface area (Å²) in [5, 5.41) is 11.6. The van der Waals surface area contributed by atoms with E-state index in [-0.39, 0.29) is 5.91 Å². The van der Waals surface area contributed by atoms with Crippen LogP contribution in [0.15, 0.2) is 12.2 Å². The van der Waals surface area contributed by atoms with Gasteiger partial charge < -0.3 is 10.4 Å². The number of aliphatic hydroxyl groups is 1. The lowest BCUT2D eigenvalue weighted by Gasteiger charge is -2.17. The van der Waals surface area contributed by atoms with E-state index in [1.807, 2.05) is 7.05 Å². The first kappa shape index (κ1) is 20.1. The first-order valence-corrected chi connectivity index (χ1v) is 8.41. The van der Waals surface area contributed by atoms with Gasteiger partial charge in [0.15, 0.2) is 0 Å². The number of carbonyl (C=O) groups is 1. The maximum absolute atomic E-state index is 11.6. The maximum Gasteiger partial charge on any atom is 0.221 e. The summed E-state index contributed by atoms with van der Waals surface area (Å²) < 4.78 is 0. The fourth-order valence-electron chi connectivity index (χ4n) is 2.09. The minimum absolute atomic E-state index is 0.131. The molecule has 0 bridgehead atoms. The van der Waals surface area contributed by atoms with E-state index in [1.165, 1.54) is 25.7 Å². The highest BCUT2D eigenvalue weighted by Gasteiger charge is 2.02. The van der Waals surface area contributed by atoms with E-state index in [1.54, 1.807) is 0 Å². The molecule has 0 saturated carbocycles. The van der Waals surface area contributed by atoms with Crippen LogP contribution in [0.5, 0.6) is 0 Å². The third-order valence-corrected chi connectivity index (χ3v) is 3.43. The molecule has 0 heterocycles. The minimum Gasteiger partial charge on any atom is -0.396 e. The summed E-state index contributed by atoms with van der Waals surface area (Å²) in [4.78, 5) is 13.8. The molecule has 0 fully saturated rings. The summed E-state index contributed by atoms with van der Waals surface area (Å²) in [5.41, 5.74) is 0. The number of carbonyl (C=O) groups excluding carboxylic acids is 1. The Labute approximate surface area is 130 Å². The number of hydrogen-bond donors (Lipinski definition) is 2. The minimum atomic E-state index is 0.131. The Balaban J connectivity index is 3.38. The Bertz CT molecular complexity index is 268. The van der Waals surface area contributed by atoms with Crippen LogP contribution in [0.25, 0.3) is 0 Å². The van der Waals surface area contributed by atoms with Crippen molar-refractivity contribution in [1.82, 2.24) is 10.2 Å². The highest BCUT2D eigenvalue weighted by atomic mass is 16.2. The van der Waals surface area contributed by atoms with E-state index < -0.39 is 0 Å². The topological polar surface area (TPSA) is 52.6 Å². The average Bonchev–Trinajstić information content (AvgIpc) is 2.48. The molecule has 0 aromatic carbocycles. The second kappa shape index (κ2) is 15.5. The number of aliphatic hydroxyl groups excluding tert-OH is 1. The molecule has 1 amide bonds. The van der Waals surface area contributed by atoms with Gasteiger partial charge in [-0.3, -0.25) is 9.69 Å². The van der Waals surface area contributed by atoms with E-state index in [9.17, 15) is 4.79 Å². The molecular formula is C17H34N2O2. The Morgan fingerprint density at radius 3 is 2.43 bits per heavy atom. The molecule has 0 saturated heterocycles. The van der Waals surface area contributed by atoms with Crippen molar-refractivity contribution in [3.05, 3.63) is 12.2 Å². The van der Waals surface area contributed by atoms with Gasteiger partial charge >= 0.3 is 0 Å². The molecule has 0 aromatic heterocycles. The number of amides is 1. The van der Waals surface area contributed by atoms with Crippen molar-refractivity contribution in [2.45, 2.75) is 64.7 Å². The summed E-state index contributed by atoms with van der Waals surface area (Å²) in [6, 6.07) is 0. The normalized spacial score (nSPS) is 11.4. The molecule has 0 radical (unpaired) electrons. The van der Waals surface area contributed by atoms with Crippen LogP contribution in [-0.2, 0) is 4.79 Å². The molecule has 124 valence electrons. The standard InChI is InChI=1S/C17H34N2O2/c1-3-4-5-10-13-17(21)18-16-19(2)14-11-8-6-7-9-12-15-20/h4-5,20H,3,6-16H2,1-2H3,(H,18,21)/b5-4+. The van der Waals surface area contributed by atoms with Crippen molar-refractivity contribution in [1.29, 1.82) is 0 Å². The van der Waals surface area contributed by atoms with Gasteiger partial charge in [-0.15, -0.1) is 0 Å². The highest BCUT2D eigenvalue weighted by Crippen LogP contribution is 2.05. The van der Waals surface area contributed by atoms with Crippen molar-refractivity contribution in [2.24, 2.45) is 0 Å². The van der Waals surface area contributed by atoms with Gasteiger partial charge in [0.25, 0.3) is 0 Å². The van der Waals surface area contributed by atoms with Gasteiger partial charge in [-0.05, 0) is 39.3 Å². The van der Waals surface area contributed by atoms with Gasteiger partial charge in [-0.2, -0.15) is 0 Å². The number of nitrogens with zero attached hydrogens (tertiary/aromatic N) is 1. The molecular weight excluding hydrogens is 264 g/mol. The zero-order valence-electron chi connectivity index (χ0n) is 13.9. The molecule has 0 atom stereocenters. The Morgan fingerprint density at radius 2 is 1.76 bits per heavy atom. The van der Waals surface area contributed by atoms with E-state index in [4.69, 9.17) is 5.11 Å². The molecule has 2 N–H and O–H groups in total. The van der Waals surface area contributed by atoms with E-state index in [0.717, 1.165) is 32.2 Å². The predicted octanol–water partition coefficient (Wildman–Crippen LogP) is 3.07. The third-order valence-electron chi connectivity index (χ3n) is 3.43. The van der Waals surface area contributed by atoms with Gasteiger partial charge in [-0.25, -0.2) is 0 Å². The zero-order valence-corrected chi connectivity index (χ0v) is 13.9. The number of hydrogen-bond acceptors (Lipinski definition) is 3. The summed E-state index contributed by atoms with van der Waals surface area (Å²) in [6.45, 7) is 4.08. The average molecular weight is 298 g/mol. The van der Waals surface area contributed by atoms with Gasteiger partial charge in [0, 0.05) is 13.0 Å². The van der Waals surface area contributed by atoms with Crippen LogP contribution in [0.1, 0.15) is 64.7 Å². The van der Waals surface area contributed by atoms with E-state index in [0.29, 0.717) is 19.7 Å². The summed E-state index contributed by atoms with van der Waals surface area (Å²) in [5.74, 6) is 0.131. The Kier molecular flexibility index (Phi) is 14.9. The van der Waals surface area contributed by atoms with Gasteiger partial charge in [0.2, 0.25) is 5.91 Å². The summed E-state index contributed by atoms with van der Waals surface area (Å²) in [7, 11) is 2.04. The number of rotatable bonds is 14. The molecule has 0 aliphatic heterocycles. The van der Waals surface area contributed by atoms with E-state index in [2.05, 4.69) is 29.3 Å². The smallest absolute Gasteiger partial charge is 0.221 e. The van der Waals surface area contributed by atoms with Gasteiger partial charge in [0.1, 0.15) is 0 Å². The zero-order chi connectivity index (χ0) is 15.8. The third kappa shape index (κ3) is 15.3. The largest absolute Gasteiger partial charge is 0.396 e. The molecule has 0 aromatic rings. The summed E-state index contributed by atoms with van der Waals surface area (Å²) in [6.07, 6.45) is 13.5. The van der Waals surface area contributed by atoms with Crippen molar-refractivity contribution in [3.63, 3.8) is 0 Å². The lowest BCUT2D eigenvalue weighted by atomic mass is 10.1. The number of unbranched alkanes of at least 4 members (excludes halogenated alkanes) is 5. The van der Waals surface area contributed by atoms with Crippen LogP contribution < -0.4 is 5.32 Å². The molecule has 0 rings (SSSR count). The molecule has 0 unspecified atom stereocenters. The molecule has 4 nitrogen and oxygen atoms in total. The SMILES string of the molecule is CC/C=C/CCC(=O)NCN(C)CCCCCCCCO. The predicted molar refractivity (Wildman–Crippen MR) is 89.1 cm³/mol. The lowest BCUT2D eigenvalue weighted by Crippen LogP contribution is -2.35. The second-order valence-corrected chi connectivity index (χ2v) is 5.60.